The zero-order valence-electron chi connectivity index (χ0n) is 15.9. The lowest BCUT2D eigenvalue weighted by molar-refractivity contribution is -0.137. The molecule has 5 nitrogen and oxygen atoms in total. The first-order valence-corrected chi connectivity index (χ1v) is 8.76. The van der Waals surface area contributed by atoms with E-state index in [0.717, 1.165) is 11.1 Å². The van der Waals surface area contributed by atoms with Gasteiger partial charge in [-0.05, 0) is 26.0 Å². The van der Waals surface area contributed by atoms with Gasteiger partial charge in [0.15, 0.2) is 6.10 Å². The Kier molecular flexibility index (Phi) is 5.21. The molecule has 5 heteroatoms. The van der Waals surface area contributed by atoms with Crippen molar-refractivity contribution in [3.05, 3.63) is 65.7 Å². The van der Waals surface area contributed by atoms with E-state index in [9.17, 15) is 9.59 Å². The van der Waals surface area contributed by atoms with Gasteiger partial charge in [-0.25, -0.2) is 9.78 Å². The number of carbonyl (C=O) groups is 2. The van der Waals surface area contributed by atoms with Gasteiger partial charge in [-0.2, -0.15) is 0 Å². The predicted octanol–water partition coefficient (Wildman–Crippen LogP) is 3.84. The predicted molar refractivity (Wildman–Crippen MR) is 105 cm³/mol. The van der Waals surface area contributed by atoms with Crippen LogP contribution in [0.1, 0.15) is 22.8 Å². The van der Waals surface area contributed by atoms with E-state index in [-0.39, 0.29) is 5.91 Å². The summed E-state index contributed by atoms with van der Waals surface area (Å²) >= 11 is 0. The molecule has 0 aliphatic heterocycles. The third-order valence-corrected chi connectivity index (χ3v) is 4.36. The van der Waals surface area contributed by atoms with Crippen LogP contribution in [-0.4, -0.2) is 42.0 Å². The third kappa shape index (κ3) is 3.97. The molecular weight excluding hydrogens is 340 g/mol. The molecule has 0 fully saturated rings. The molecule has 138 valence electrons. The molecular formula is C22H22N2O3. The van der Waals surface area contributed by atoms with Crippen LogP contribution in [0.2, 0.25) is 0 Å². The van der Waals surface area contributed by atoms with Crippen molar-refractivity contribution in [2.45, 2.75) is 20.0 Å². The van der Waals surface area contributed by atoms with Crippen LogP contribution >= 0.6 is 0 Å². The van der Waals surface area contributed by atoms with Crippen molar-refractivity contribution in [2.75, 3.05) is 14.1 Å². The Hall–Kier alpha value is -3.21. The molecule has 0 spiro atoms. The molecule has 2 aromatic carbocycles. The fraction of sp³-hybridized carbons (Fsp3) is 0.227. The van der Waals surface area contributed by atoms with E-state index in [1.54, 1.807) is 27.1 Å². The summed E-state index contributed by atoms with van der Waals surface area (Å²) in [7, 11) is 3.26. The molecule has 0 saturated heterocycles. The Balaban J connectivity index is 2.04. The summed E-state index contributed by atoms with van der Waals surface area (Å²) in [6.07, 6.45) is -0.859. The first kappa shape index (κ1) is 18.6. The normalized spacial score (nSPS) is 11.9. The third-order valence-electron chi connectivity index (χ3n) is 4.36. The topological polar surface area (TPSA) is 59.5 Å². The monoisotopic (exact) mass is 362 g/mol. The highest BCUT2D eigenvalue weighted by molar-refractivity contribution is 6.05. The van der Waals surface area contributed by atoms with Crippen LogP contribution < -0.4 is 0 Å². The summed E-state index contributed by atoms with van der Waals surface area (Å²) in [6.45, 7) is 3.59. The van der Waals surface area contributed by atoms with E-state index >= 15 is 0 Å². The smallest absolute Gasteiger partial charge is 0.339 e. The molecule has 1 amide bonds. The number of carbonyl (C=O) groups excluding carboxylic acids is 2. The van der Waals surface area contributed by atoms with Crippen molar-refractivity contribution >= 4 is 22.8 Å². The average Bonchev–Trinajstić information content (AvgIpc) is 2.66. The van der Waals surface area contributed by atoms with Crippen LogP contribution in [0.15, 0.2) is 54.6 Å². The highest BCUT2D eigenvalue weighted by Gasteiger charge is 2.22. The zero-order valence-corrected chi connectivity index (χ0v) is 15.9. The summed E-state index contributed by atoms with van der Waals surface area (Å²) in [4.78, 5) is 30.9. The quantitative estimate of drug-likeness (QED) is 0.662. The Morgan fingerprint density at radius 2 is 1.70 bits per heavy atom. The molecule has 3 aromatic rings. The zero-order chi connectivity index (χ0) is 19.6. The molecule has 1 atom stereocenters. The molecule has 0 N–H and O–H groups in total. The summed E-state index contributed by atoms with van der Waals surface area (Å²) in [6, 6.07) is 17.1. The van der Waals surface area contributed by atoms with Gasteiger partial charge in [0, 0.05) is 25.0 Å². The van der Waals surface area contributed by atoms with Gasteiger partial charge in [0.05, 0.1) is 16.8 Å². The number of pyridine rings is 1. The number of amides is 1. The molecule has 3 rings (SSSR count). The molecule has 1 aromatic heterocycles. The summed E-state index contributed by atoms with van der Waals surface area (Å²) in [5.41, 5.74) is 3.85. The fourth-order valence-electron chi connectivity index (χ4n) is 2.85. The number of para-hydroxylation sites is 1. The fourth-order valence-corrected chi connectivity index (χ4v) is 2.85. The second-order valence-corrected chi connectivity index (χ2v) is 6.72. The number of aromatic nitrogens is 1. The van der Waals surface area contributed by atoms with Gasteiger partial charge in [-0.15, -0.1) is 0 Å². The number of aryl methyl sites for hydroxylation is 1. The minimum Gasteiger partial charge on any atom is -0.449 e. The van der Waals surface area contributed by atoms with Crippen molar-refractivity contribution in [1.29, 1.82) is 0 Å². The van der Waals surface area contributed by atoms with Gasteiger partial charge in [0.1, 0.15) is 0 Å². The van der Waals surface area contributed by atoms with Gasteiger partial charge >= 0.3 is 5.97 Å². The molecule has 0 saturated carbocycles. The number of hydrogen-bond donors (Lipinski definition) is 0. The van der Waals surface area contributed by atoms with Gasteiger partial charge < -0.3 is 9.64 Å². The lowest BCUT2D eigenvalue weighted by Crippen LogP contribution is -2.34. The Morgan fingerprint density at radius 1 is 1.04 bits per heavy atom. The number of ether oxygens (including phenoxy) is 1. The maximum absolute atomic E-state index is 12.8. The Morgan fingerprint density at radius 3 is 2.37 bits per heavy atom. The standard InChI is InChI=1S/C22H22N2O3/c1-14-9-11-16(12-10-14)20-13-18(17-7-5-6-8-19(17)23-20)22(26)27-15(2)21(25)24(3)4/h5-13,15H,1-4H3/t15-/m1/s1. The van der Waals surface area contributed by atoms with Gasteiger partial charge in [-0.3, -0.25) is 4.79 Å². The minimum absolute atomic E-state index is 0.263. The van der Waals surface area contributed by atoms with Crippen LogP contribution in [-0.2, 0) is 9.53 Å². The van der Waals surface area contributed by atoms with E-state index < -0.39 is 12.1 Å². The summed E-state index contributed by atoms with van der Waals surface area (Å²) in [5, 5.41) is 0.697. The summed E-state index contributed by atoms with van der Waals surface area (Å²) < 4.78 is 5.42. The Bertz CT molecular complexity index is 994. The number of fused-ring (bicyclic) bond motifs is 1. The number of rotatable bonds is 4. The van der Waals surface area contributed by atoms with Crippen LogP contribution in [0.3, 0.4) is 0 Å². The number of nitrogens with zero attached hydrogens (tertiary/aromatic N) is 2. The van der Waals surface area contributed by atoms with Crippen molar-refractivity contribution < 1.29 is 14.3 Å². The first-order chi connectivity index (χ1) is 12.9. The molecule has 0 bridgehead atoms. The molecule has 0 radical (unpaired) electrons. The molecule has 0 aliphatic rings. The first-order valence-electron chi connectivity index (χ1n) is 8.76. The van der Waals surface area contributed by atoms with Crippen LogP contribution in [0.25, 0.3) is 22.2 Å². The van der Waals surface area contributed by atoms with Crippen molar-refractivity contribution in [2.24, 2.45) is 0 Å². The van der Waals surface area contributed by atoms with Gasteiger partial charge in [-0.1, -0.05) is 48.0 Å². The van der Waals surface area contributed by atoms with Crippen LogP contribution in [0, 0.1) is 6.92 Å². The number of hydrogen-bond acceptors (Lipinski definition) is 4. The second-order valence-electron chi connectivity index (χ2n) is 6.72. The summed E-state index contributed by atoms with van der Waals surface area (Å²) in [5.74, 6) is -0.801. The van der Waals surface area contributed by atoms with Crippen molar-refractivity contribution in [1.82, 2.24) is 9.88 Å². The lowest BCUT2D eigenvalue weighted by atomic mass is 10.0. The van der Waals surface area contributed by atoms with E-state index in [4.69, 9.17) is 4.74 Å². The lowest BCUT2D eigenvalue weighted by Gasteiger charge is -2.18. The van der Waals surface area contributed by atoms with E-state index in [1.165, 1.54) is 4.90 Å². The minimum atomic E-state index is -0.859. The maximum atomic E-state index is 12.8. The van der Waals surface area contributed by atoms with E-state index in [2.05, 4.69) is 4.98 Å². The number of esters is 1. The molecule has 27 heavy (non-hydrogen) atoms. The van der Waals surface area contributed by atoms with Gasteiger partial charge in [0.25, 0.3) is 5.91 Å². The van der Waals surface area contributed by atoms with E-state index in [1.807, 2.05) is 55.5 Å². The van der Waals surface area contributed by atoms with Crippen molar-refractivity contribution in [3.63, 3.8) is 0 Å². The number of likely N-dealkylation sites (N-methyl/N-ethyl adjacent to an activating group) is 1. The largest absolute Gasteiger partial charge is 0.449 e. The molecule has 0 unspecified atom stereocenters. The van der Waals surface area contributed by atoms with Crippen molar-refractivity contribution in [3.8, 4) is 11.3 Å². The molecule has 1 heterocycles. The van der Waals surface area contributed by atoms with Crippen LogP contribution in [0.4, 0.5) is 0 Å². The Labute approximate surface area is 158 Å². The average molecular weight is 362 g/mol. The highest BCUT2D eigenvalue weighted by atomic mass is 16.5. The maximum Gasteiger partial charge on any atom is 0.339 e. The highest BCUT2D eigenvalue weighted by Crippen LogP contribution is 2.26. The number of benzene rings is 2. The second kappa shape index (κ2) is 7.58. The SMILES string of the molecule is Cc1ccc(-c2cc(C(=O)O[C@H](C)C(=O)N(C)C)c3ccccc3n2)cc1. The molecule has 0 aliphatic carbocycles. The van der Waals surface area contributed by atoms with Crippen LogP contribution in [0.5, 0.6) is 0 Å². The van der Waals surface area contributed by atoms with Gasteiger partial charge in [0.2, 0.25) is 0 Å². The van der Waals surface area contributed by atoms with E-state index in [0.29, 0.717) is 22.2 Å².